The number of carbonyl (C=O) groups is 2. The Balaban J connectivity index is 1.48. The van der Waals surface area contributed by atoms with E-state index in [0.717, 1.165) is 11.8 Å². The molecule has 2 aromatic carbocycles. The van der Waals surface area contributed by atoms with Gasteiger partial charge in [0, 0.05) is 25.7 Å². The van der Waals surface area contributed by atoms with E-state index in [4.69, 9.17) is 10.00 Å². The monoisotopic (exact) mass is 468 g/mol. The molecule has 4 rings (SSSR count). The van der Waals surface area contributed by atoms with Crippen LogP contribution >= 0.6 is 11.8 Å². The zero-order valence-electron chi connectivity index (χ0n) is 17.5. The molecule has 2 aromatic rings. The fourth-order valence-corrected chi connectivity index (χ4v) is 4.21. The van der Waals surface area contributed by atoms with Gasteiger partial charge in [0.2, 0.25) is 5.91 Å². The number of likely N-dealkylation sites (N-methyl/N-ethyl adjacent to an activating group) is 1. The molecular formula is C23H18F2N4O3S. The number of thioether (sulfide) groups is 1. The van der Waals surface area contributed by atoms with E-state index in [0.29, 0.717) is 28.7 Å². The van der Waals surface area contributed by atoms with Gasteiger partial charge in [-0.2, -0.15) is 10.3 Å². The van der Waals surface area contributed by atoms with Crippen LogP contribution in [0.25, 0.3) is 6.08 Å². The number of nitrogens with zero attached hydrogens (tertiary/aromatic N) is 4. The van der Waals surface area contributed by atoms with Gasteiger partial charge in [-0.25, -0.2) is 8.78 Å². The number of rotatable bonds is 4. The molecule has 0 unspecified atom stereocenters. The van der Waals surface area contributed by atoms with Crippen LogP contribution in [-0.4, -0.2) is 53.5 Å². The standard InChI is InChI=1S/C23H18F2N4O3S/c1-28-6-7-29(13-21(28)30)23-27-22(31)20(33-23)10-14-2-5-19(17(25)9-14)32-18-4-3-15(12-26)8-16(18)11-24/h2-5,8-10H,6-7,11,13H2,1H3/b20-10-. The van der Waals surface area contributed by atoms with Crippen molar-refractivity contribution in [2.24, 2.45) is 4.99 Å². The average molecular weight is 468 g/mol. The van der Waals surface area contributed by atoms with Crippen LogP contribution < -0.4 is 4.74 Å². The van der Waals surface area contributed by atoms with Crippen LogP contribution in [0, 0.1) is 17.1 Å². The molecule has 0 bridgehead atoms. The van der Waals surface area contributed by atoms with Crippen molar-refractivity contribution in [1.82, 2.24) is 9.80 Å². The van der Waals surface area contributed by atoms with E-state index in [1.54, 1.807) is 22.9 Å². The number of ether oxygens (including phenoxy) is 1. The molecule has 2 aliphatic heterocycles. The molecule has 0 aromatic heterocycles. The minimum Gasteiger partial charge on any atom is -0.454 e. The number of nitriles is 1. The zero-order valence-corrected chi connectivity index (χ0v) is 18.4. The van der Waals surface area contributed by atoms with Crippen LogP contribution in [-0.2, 0) is 16.3 Å². The van der Waals surface area contributed by atoms with Crippen LogP contribution in [0.5, 0.6) is 11.5 Å². The first-order valence-electron chi connectivity index (χ1n) is 9.96. The minimum absolute atomic E-state index is 0.0507. The fraction of sp³-hybridized carbons (Fsp3) is 0.217. The molecule has 0 saturated carbocycles. The third-order valence-corrected chi connectivity index (χ3v) is 6.19. The summed E-state index contributed by atoms with van der Waals surface area (Å²) in [7, 11) is 1.72. The number of halogens is 2. The van der Waals surface area contributed by atoms with Crippen LogP contribution in [0.3, 0.4) is 0 Å². The van der Waals surface area contributed by atoms with Crippen molar-refractivity contribution in [2.45, 2.75) is 6.67 Å². The van der Waals surface area contributed by atoms with E-state index in [2.05, 4.69) is 4.99 Å². The summed E-state index contributed by atoms with van der Waals surface area (Å²) in [6.45, 7) is 0.407. The molecule has 2 amide bonds. The summed E-state index contributed by atoms with van der Waals surface area (Å²) >= 11 is 1.14. The van der Waals surface area contributed by atoms with Crippen LogP contribution in [0.4, 0.5) is 8.78 Å². The lowest BCUT2D eigenvalue weighted by molar-refractivity contribution is -0.132. The average Bonchev–Trinajstić information content (AvgIpc) is 3.17. The minimum atomic E-state index is -0.864. The highest BCUT2D eigenvalue weighted by atomic mass is 32.2. The normalized spacial score (nSPS) is 17.4. The summed E-state index contributed by atoms with van der Waals surface area (Å²) < 4.78 is 33.5. The number of aliphatic imine (C=N–C) groups is 1. The molecule has 1 fully saturated rings. The molecule has 168 valence electrons. The maximum atomic E-state index is 14.7. The second kappa shape index (κ2) is 9.42. The quantitative estimate of drug-likeness (QED) is 0.636. The van der Waals surface area contributed by atoms with Crippen molar-refractivity contribution in [3.05, 3.63) is 63.8 Å². The molecule has 7 nitrogen and oxygen atoms in total. The second-order valence-electron chi connectivity index (χ2n) is 7.41. The van der Waals surface area contributed by atoms with Crippen molar-refractivity contribution < 1.29 is 23.1 Å². The molecule has 0 radical (unpaired) electrons. The Morgan fingerprint density at radius 2 is 2.00 bits per heavy atom. The number of amidine groups is 1. The van der Waals surface area contributed by atoms with E-state index in [9.17, 15) is 18.4 Å². The van der Waals surface area contributed by atoms with Crippen LogP contribution in [0.1, 0.15) is 16.7 Å². The topological polar surface area (TPSA) is 86.0 Å². The first-order valence-corrected chi connectivity index (χ1v) is 10.8. The first kappa shape index (κ1) is 22.5. The van der Waals surface area contributed by atoms with Crippen LogP contribution in [0.15, 0.2) is 46.3 Å². The molecule has 33 heavy (non-hydrogen) atoms. The largest absolute Gasteiger partial charge is 0.454 e. The summed E-state index contributed by atoms with van der Waals surface area (Å²) in [5.41, 5.74) is 0.838. The molecule has 0 atom stereocenters. The highest BCUT2D eigenvalue weighted by molar-refractivity contribution is 8.18. The Bertz CT molecular complexity index is 1240. The van der Waals surface area contributed by atoms with E-state index >= 15 is 0 Å². The Hall–Kier alpha value is -3.71. The van der Waals surface area contributed by atoms with Crippen molar-refractivity contribution in [1.29, 1.82) is 5.26 Å². The molecule has 0 spiro atoms. The van der Waals surface area contributed by atoms with Crippen molar-refractivity contribution in [2.75, 3.05) is 26.7 Å². The summed E-state index contributed by atoms with van der Waals surface area (Å²) in [5.74, 6) is -1.20. The number of carbonyl (C=O) groups excluding carboxylic acids is 2. The van der Waals surface area contributed by atoms with Gasteiger partial charge in [-0.15, -0.1) is 0 Å². The van der Waals surface area contributed by atoms with Crippen molar-refractivity contribution in [3.63, 3.8) is 0 Å². The summed E-state index contributed by atoms with van der Waals surface area (Å²) in [4.78, 5) is 32.0. The Labute approximate surface area is 192 Å². The lowest BCUT2D eigenvalue weighted by atomic mass is 10.1. The van der Waals surface area contributed by atoms with Gasteiger partial charge in [0.25, 0.3) is 5.91 Å². The van der Waals surface area contributed by atoms with Gasteiger partial charge >= 0.3 is 0 Å². The number of benzene rings is 2. The van der Waals surface area contributed by atoms with Crippen molar-refractivity contribution in [3.8, 4) is 17.6 Å². The number of alkyl halides is 1. The Morgan fingerprint density at radius 1 is 1.21 bits per heavy atom. The molecule has 0 N–H and O–H groups in total. The third kappa shape index (κ3) is 4.88. The van der Waals surface area contributed by atoms with Gasteiger partial charge in [0.05, 0.1) is 23.1 Å². The molecule has 2 aliphatic rings. The Morgan fingerprint density at radius 3 is 2.70 bits per heavy atom. The van der Waals surface area contributed by atoms with E-state index < -0.39 is 18.4 Å². The van der Waals surface area contributed by atoms with Gasteiger partial charge < -0.3 is 14.5 Å². The van der Waals surface area contributed by atoms with E-state index in [1.807, 2.05) is 6.07 Å². The third-order valence-electron chi connectivity index (χ3n) is 5.14. The molecule has 10 heteroatoms. The van der Waals surface area contributed by atoms with Gasteiger partial charge in [0.15, 0.2) is 16.7 Å². The van der Waals surface area contributed by atoms with Gasteiger partial charge in [-0.05, 0) is 53.7 Å². The maximum Gasteiger partial charge on any atom is 0.286 e. The number of piperazine rings is 1. The Kier molecular flexibility index (Phi) is 6.42. The molecule has 0 aliphatic carbocycles. The van der Waals surface area contributed by atoms with Gasteiger partial charge in [-0.3, -0.25) is 9.59 Å². The van der Waals surface area contributed by atoms with Crippen LogP contribution in [0.2, 0.25) is 0 Å². The molecule has 1 saturated heterocycles. The maximum absolute atomic E-state index is 14.7. The van der Waals surface area contributed by atoms with E-state index in [1.165, 1.54) is 36.4 Å². The number of hydrogen-bond acceptors (Lipinski definition) is 6. The zero-order chi connectivity index (χ0) is 23.5. The smallest absolute Gasteiger partial charge is 0.286 e. The second-order valence-corrected chi connectivity index (χ2v) is 8.42. The fourth-order valence-electron chi connectivity index (χ4n) is 3.27. The number of hydrogen-bond donors (Lipinski definition) is 0. The van der Waals surface area contributed by atoms with Gasteiger partial charge in [-0.1, -0.05) is 6.07 Å². The van der Waals surface area contributed by atoms with Gasteiger partial charge in [0.1, 0.15) is 12.4 Å². The number of amides is 2. The predicted molar refractivity (Wildman–Crippen MR) is 120 cm³/mol. The van der Waals surface area contributed by atoms with E-state index in [-0.39, 0.29) is 35.1 Å². The predicted octanol–water partition coefficient (Wildman–Crippen LogP) is 3.70. The highest BCUT2D eigenvalue weighted by Gasteiger charge is 2.30. The molecular weight excluding hydrogens is 450 g/mol. The SMILES string of the molecule is CN1CCN(C2=NC(=O)/C(=C/c3ccc(Oc4ccc(C#N)cc4CF)c(F)c3)S2)CC1=O. The lowest BCUT2D eigenvalue weighted by Crippen LogP contribution is -2.49. The van der Waals surface area contributed by atoms with Crippen molar-refractivity contribution >= 4 is 34.8 Å². The summed E-state index contributed by atoms with van der Waals surface area (Å²) in [5, 5.41) is 9.38. The summed E-state index contributed by atoms with van der Waals surface area (Å²) in [6.07, 6.45) is 1.52. The first-order chi connectivity index (χ1) is 15.9. The lowest BCUT2D eigenvalue weighted by Gasteiger charge is -2.32. The highest BCUT2D eigenvalue weighted by Crippen LogP contribution is 2.33. The molecule has 2 heterocycles. The summed E-state index contributed by atoms with van der Waals surface area (Å²) in [6, 6.07) is 10.3.